The Morgan fingerprint density at radius 1 is 1.23 bits per heavy atom. The van der Waals surface area contributed by atoms with E-state index in [1.807, 2.05) is 0 Å². The lowest BCUT2D eigenvalue weighted by atomic mass is 10.2. The summed E-state index contributed by atoms with van der Waals surface area (Å²) in [6, 6.07) is 2.91. The number of hydrogen-bond donors (Lipinski definition) is 2. The molecule has 26 heavy (non-hydrogen) atoms. The topological polar surface area (TPSA) is 109 Å². The number of nitrogens with one attached hydrogen (secondary N) is 2. The molecule has 0 bridgehead atoms. The summed E-state index contributed by atoms with van der Waals surface area (Å²) in [7, 11) is -3.08. The van der Waals surface area contributed by atoms with E-state index in [1.165, 1.54) is 6.26 Å². The fraction of sp³-hybridized carbons (Fsp3) is 0.647. The van der Waals surface area contributed by atoms with Crippen LogP contribution < -0.4 is 10.6 Å². The van der Waals surface area contributed by atoms with Crippen molar-refractivity contribution in [3.63, 3.8) is 0 Å². The molecule has 1 aliphatic heterocycles. The van der Waals surface area contributed by atoms with Gasteiger partial charge < -0.3 is 9.73 Å². The molecule has 1 aliphatic carbocycles. The Morgan fingerprint density at radius 3 is 2.62 bits per heavy atom. The number of furan rings is 1. The molecule has 0 radical (unpaired) electrons. The minimum Gasteiger partial charge on any atom is -0.468 e. The molecule has 2 aliphatic rings. The summed E-state index contributed by atoms with van der Waals surface area (Å²) >= 11 is 0. The van der Waals surface area contributed by atoms with Crippen molar-refractivity contribution in [2.45, 2.75) is 50.7 Å². The van der Waals surface area contributed by atoms with Gasteiger partial charge in [0.1, 0.15) is 5.76 Å². The normalized spacial score (nSPS) is 22.6. The number of urea groups is 1. The Morgan fingerprint density at radius 2 is 2.00 bits per heavy atom. The molecule has 0 unspecified atom stereocenters. The van der Waals surface area contributed by atoms with Crippen molar-refractivity contribution in [3.8, 4) is 0 Å². The molecule has 1 saturated carbocycles. The van der Waals surface area contributed by atoms with Crippen molar-refractivity contribution in [2.75, 3.05) is 18.1 Å². The molecule has 3 amide bonds. The molecule has 9 heteroatoms. The first-order chi connectivity index (χ1) is 12.4. The second-order valence-electron chi connectivity index (χ2n) is 7.04. The van der Waals surface area contributed by atoms with Crippen LogP contribution in [0.25, 0.3) is 0 Å². The van der Waals surface area contributed by atoms with E-state index in [2.05, 4.69) is 10.6 Å². The molecule has 0 spiro atoms. The monoisotopic (exact) mass is 383 g/mol. The Bertz CT molecular complexity index is 726. The standard InChI is InChI=1S/C17H25N3O5S/c21-16(19-17(22)18-13-4-1-2-5-13)11-20(10-15-6-3-8-25-15)14-7-9-26(23,24)12-14/h3,6,8,13-14H,1-2,4-5,7,9-12H2,(H2,18,19,21,22)/t14-/m1/s1. The van der Waals surface area contributed by atoms with Crippen molar-refractivity contribution in [1.29, 1.82) is 0 Å². The van der Waals surface area contributed by atoms with Crippen molar-refractivity contribution in [1.82, 2.24) is 15.5 Å². The lowest BCUT2D eigenvalue weighted by Crippen LogP contribution is -2.48. The minimum absolute atomic E-state index is 0.0231. The van der Waals surface area contributed by atoms with Gasteiger partial charge in [-0.2, -0.15) is 0 Å². The first-order valence-electron chi connectivity index (χ1n) is 8.98. The van der Waals surface area contributed by atoms with Crippen molar-refractivity contribution < 1.29 is 22.4 Å². The van der Waals surface area contributed by atoms with Crippen LogP contribution in [0.2, 0.25) is 0 Å². The van der Waals surface area contributed by atoms with Gasteiger partial charge in [0.15, 0.2) is 9.84 Å². The van der Waals surface area contributed by atoms with Crippen LogP contribution in [0.15, 0.2) is 22.8 Å². The van der Waals surface area contributed by atoms with Gasteiger partial charge in [-0.15, -0.1) is 0 Å². The smallest absolute Gasteiger partial charge is 0.321 e. The SMILES string of the molecule is O=C(CN(Cc1ccco1)[C@@H]1CCS(=O)(=O)C1)NC(=O)NC1CCCC1. The Balaban J connectivity index is 1.57. The number of amides is 3. The van der Waals surface area contributed by atoms with Crippen LogP contribution in [-0.2, 0) is 21.2 Å². The predicted molar refractivity (Wildman–Crippen MR) is 95.1 cm³/mol. The van der Waals surface area contributed by atoms with Gasteiger partial charge in [0.05, 0.1) is 30.9 Å². The number of hydrogen-bond acceptors (Lipinski definition) is 6. The van der Waals surface area contributed by atoms with Gasteiger partial charge in [-0.25, -0.2) is 13.2 Å². The van der Waals surface area contributed by atoms with E-state index >= 15 is 0 Å². The summed E-state index contributed by atoms with van der Waals surface area (Å²) < 4.78 is 28.9. The molecular formula is C17H25N3O5S. The molecule has 2 heterocycles. The maximum absolute atomic E-state index is 12.3. The van der Waals surface area contributed by atoms with Gasteiger partial charge in [0.25, 0.3) is 0 Å². The van der Waals surface area contributed by atoms with Crippen LogP contribution in [0, 0.1) is 0 Å². The molecule has 8 nitrogen and oxygen atoms in total. The zero-order valence-electron chi connectivity index (χ0n) is 14.6. The first kappa shape index (κ1) is 18.9. The third kappa shape index (κ3) is 5.31. The lowest BCUT2D eigenvalue weighted by Gasteiger charge is -2.26. The molecule has 0 aromatic carbocycles. The van der Waals surface area contributed by atoms with Crippen molar-refractivity contribution >= 4 is 21.8 Å². The van der Waals surface area contributed by atoms with Gasteiger partial charge in [-0.05, 0) is 31.4 Å². The van der Waals surface area contributed by atoms with E-state index in [9.17, 15) is 18.0 Å². The third-order valence-electron chi connectivity index (χ3n) is 4.95. The minimum atomic E-state index is -3.08. The van der Waals surface area contributed by atoms with Crippen molar-refractivity contribution in [3.05, 3.63) is 24.2 Å². The number of nitrogens with zero attached hydrogens (tertiary/aromatic N) is 1. The van der Waals surface area contributed by atoms with E-state index in [1.54, 1.807) is 17.0 Å². The highest BCUT2D eigenvalue weighted by atomic mass is 32.2. The number of rotatable bonds is 6. The summed E-state index contributed by atoms with van der Waals surface area (Å²) in [4.78, 5) is 26.0. The molecule has 3 rings (SSSR count). The molecule has 144 valence electrons. The van der Waals surface area contributed by atoms with Gasteiger partial charge >= 0.3 is 6.03 Å². The molecule has 1 saturated heterocycles. The summed E-state index contributed by atoms with van der Waals surface area (Å²) in [6.45, 7) is 0.268. The molecule has 1 aromatic rings. The maximum atomic E-state index is 12.3. The zero-order chi connectivity index (χ0) is 18.6. The lowest BCUT2D eigenvalue weighted by molar-refractivity contribution is -0.121. The predicted octanol–water partition coefficient (Wildman–Crippen LogP) is 1.04. The van der Waals surface area contributed by atoms with E-state index in [0.29, 0.717) is 18.7 Å². The summed E-state index contributed by atoms with van der Waals surface area (Å²) in [5.41, 5.74) is 0. The molecule has 2 fully saturated rings. The largest absolute Gasteiger partial charge is 0.468 e. The Kier molecular flexibility index (Phi) is 5.98. The van der Waals surface area contributed by atoms with E-state index in [4.69, 9.17) is 4.42 Å². The Labute approximate surface area is 153 Å². The first-order valence-corrected chi connectivity index (χ1v) is 10.8. The third-order valence-corrected chi connectivity index (χ3v) is 6.70. The van der Waals surface area contributed by atoms with Crippen LogP contribution in [0.3, 0.4) is 0 Å². The molecule has 1 aromatic heterocycles. The van der Waals surface area contributed by atoms with Crippen LogP contribution >= 0.6 is 0 Å². The Hall–Kier alpha value is -1.87. The van der Waals surface area contributed by atoms with Gasteiger partial charge in [-0.1, -0.05) is 12.8 Å². The second kappa shape index (κ2) is 8.22. The van der Waals surface area contributed by atoms with Gasteiger partial charge in [0.2, 0.25) is 5.91 Å². The quantitative estimate of drug-likeness (QED) is 0.760. The average molecular weight is 383 g/mol. The number of carbonyl (C=O) groups is 2. The maximum Gasteiger partial charge on any atom is 0.321 e. The van der Waals surface area contributed by atoms with E-state index in [0.717, 1.165) is 25.7 Å². The van der Waals surface area contributed by atoms with Crippen LogP contribution in [0.5, 0.6) is 0 Å². The number of sulfone groups is 1. The average Bonchev–Trinajstić information content (AvgIpc) is 3.29. The highest BCUT2D eigenvalue weighted by Crippen LogP contribution is 2.20. The van der Waals surface area contributed by atoms with Gasteiger partial charge in [0, 0.05) is 12.1 Å². The highest BCUT2D eigenvalue weighted by molar-refractivity contribution is 7.91. The van der Waals surface area contributed by atoms with Crippen LogP contribution in [-0.4, -0.2) is 55.4 Å². The summed E-state index contributed by atoms with van der Waals surface area (Å²) in [5, 5.41) is 5.16. The molecule has 2 N–H and O–H groups in total. The number of imide groups is 1. The van der Waals surface area contributed by atoms with Gasteiger partial charge in [-0.3, -0.25) is 15.0 Å². The van der Waals surface area contributed by atoms with Crippen LogP contribution in [0.4, 0.5) is 4.79 Å². The molecule has 1 atom stereocenters. The zero-order valence-corrected chi connectivity index (χ0v) is 15.5. The highest BCUT2D eigenvalue weighted by Gasteiger charge is 2.33. The van der Waals surface area contributed by atoms with E-state index in [-0.39, 0.29) is 30.1 Å². The number of carbonyl (C=O) groups excluding carboxylic acids is 2. The fourth-order valence-electron chi connectivity index (χ4n) is 3.62. The van der Waals surface area contributed by atoms with E-state index < -0.39 is 21.8 Å². The molecular weight excluding hydrogens is 358 g/mol. The van der Waals surface area contributed by atoms with Crippen LogP contribution in [0.1, 0.15) is 37.9 Å². The summed E-state index contributed by atoms with van der Waals surface area (Å²) in [5.74, 6) is 0.347. The van der Waals surface area contributed by atoms with Crippen molar-refractivity contribution in [2.24, 2.45) is 0 Å². The second-order valence-corrected chi connectivity index (χ2v) is 9.27. The summed E-state index contributed by atoms with van der Waals surface area (Å²) in [6.07, 6.45) is 6.06. The fourth-order valence-corrected chi connectivity index (χ4v) is 5.38.